The Hall–Kier alpha value is -1.91. The van der Waals surface area contributed by atoms with Gasteiger partial charge in [-0.2, -0.15) is 5.10 Å². The van der Waals surface area contributed by atoms with E-state index in [2.05, 4.69) is 10.1 Å². The molecule has 0 saturated carbocycles. The molecule has 16 heavy (non-hydrogen) atoms. The Balaban J connectivity index is 2.35. The van der Waals surface area contributed by atoms with Gasteiger partial charge >= 0.3 is 5.97 Å². The Kier molecular flexibility index (Phi) is 1.77. The van der Waals surface area contributed by atoms with Gasteiger partial charge < -0.3 is 5.11 Å². The third-order valence-electron chi connectivity index (χ3n) is 3.07. The maximum absolute atomic E-state index is 10.9. The minimum Gasteiger partial charge on any atom is -0.476 e. The van der Waals surface area contributed by atoms with Crippen LogP contribution in [0.25, 0.3) is 5.65 Å². The molecule has 0 aromatic carbocycles. The van der Waals surface area contributed by atoms with Crippen LogP contribution in [0.15, 0.2) is 6.07 Å². The van der Waals surface area contributed by atoms with Crippen LogP contribution in [0.4, 0.5) is 0 Å². The van der Waals surface area contributed by atoms with Crippen molar-refractivity contribution in [3.05, 3.63) is 28.7 Å². The van der Waals surface area contributed by atoms with E-state index in [4.69, 9.17) is 5.11 Å². The van der Waals surface area contributed by atoms with Gasteiger partial charge in [-0.15, -0.1) is 0 Å². The lowest BCUT2D eigenvalue weighted by atomic mass is 10.2. The van der Waals surface area contributed by atoms with Gasteiger partial charge in [-0.1, -0.05) is 0 Å². The van der Waals surface area contributed by atoms with Crippen molar-refractivity contribution < 1.29 is 9.90 Å². The third-order valence-corrected chi connectivity index (χ3v) is 3.07. The maximum atomic E-state index is 10.9. The number of rotatable bonds is 1. The molecule has 2 aromatic rings. The quantitative estimate of drug-likeness (QED) is 0.780. The van der Waals surface area contributed by atoms with Crippen LogP contribution in [0.5, 0.6) is 0 Å². The van der Waals surface area contributed by atoms with E-state index in [1.54, 1.807) is 4.52 Å². The number of carbonyl (C=O) groups is 1. The highest BCUT2D eigenvalue weighted by Crippen LogP contribution is 2.24. The fourth-order valence-corrected chi connectivity index (χ4v) is 2.34. The molecule has 3 rings (SSSR count). The van der Waals surface area contributed by atoms with Crippen molar-refractivity contribution >= 4 is 11.6 Å². The van der Waals surface area contributed by atoms with Crippen LogP contribution in [0, 0.1) is 6.92 Å². The molecule has 0 fully saturated rings. The SMILES string of the molecule is Cc1nc2cc(C(=O)O)nn2c2c1CCC2. The molecule has 0 aliphatic heterocycles. The Morgan fingerprint density at radius 2 is 2.31 bits per heavy atom. The van der Waals surface area contributed by atoms with Crippen molar-refractivity contribution in [2.45, 2.75) is 26.2 Å². The number of carboxylic acids is 1. The fourth-order valence-electron chi connectivity index (χ4n) is 2.34. The summed E-state index contributed by atoms with van der Waals surface area (Å²) >= 11 is 0. The van der Waals surface area contributed by atoms with Crippen molar-refractivity contribution in [3.8, 4) is 0 Å². The predicted octanol–water partition coefficient (Wildman–Crippen LogP) is 1.22. The lowest BCUT2D eigenvalue weighted by Crippen LogP contribution is -2.04. The molecule has 0 unspecified atom stereocenters. The summed E-state index contributed by atoms with van der Waals surface area (Å²) in [5.41, 5.74) is 4.04. The summed E-state index contributed by atoms with van der Waals surface area (Å²) < 4.78 is 1.68. The minimum absolute atomic E-state index is 0.0622. The van der Waals surface area contributed by atoms with Crippen LogP contribution in [0.2, 0.25) is 0 Å². The van der Waals surface area contributed by atoms with E-state index < -0.39 is 5.97 Å². The highest BCUT2D eigenvalue weighted by molar-refractivity contribution is 5.86. The van der Waals surface area contributed by atoms with Crippen molar-refractivity contribution in [1.82, 2.24) is 14.6 Å². The maximum Gasteiger partial charge on any atom is 0.356 e. The zero-order valence-electron chi connectivity index (χ0n) is 8.90. The second-order valence-electron chi connectivity index (χ2n) is 4.08. The highest BCUT2D eigenvalue weighted by Gasteiger charge is 2.20. The first-order chi connectivity index (χ1) is 7.66. The predicted molar refractivity (Wildman–Crippen MR) is 56.7 cm³/mol. The number of nitrogens with zero attached hydrogens (tertiary/aromatic N) is 3. The van der Waals surface area contributed by atoms with Gasteiger partial charge in [0.1, 0.15) is 0 Å². The zero-order chi connectivity index (χ0) is 11.3. The summed E-state index contributed by atoms with van der Waals surface area (Å²) in [5, 5.41) is 13.0. The molecule has 0 atom stereocenters. The van der Waals surface area contributed by atoms with E-state index in [9.17, 15) is 4.79 Å². The summed E-state index contributed by atoms with van der Waals surface area (Å²) in [7, 11) is 0. The summed E-state index contributed by atoms with van der Waals surface area (Å²) in [5.74, 6) is -1.00. The van der Waals surface area contributed by atoms with Crippen LogP contribution in [0.3, 0.4) is 0 Å². The standard InChI is InChI=1S/C11H11N3O2/c1-6-7-3-2-4-9(7)14-10(12-6)5-8(13-14)11(15)16/h5H,2-4H2,1H3,(H,15,16). The van der Waals surface area contributed by atoms with Crippen molar-refractivity contribution in [2.75, 3.05) is 0 Å². The van der Waals surface area contributed by atoms with Gasteiger partial charge in [0.2, 0.25) is 0 Å². The van der Waals surface area contributed by atoms with Gasteiger partial charge in [0.15, 0.2) is 11.3 Å². The van der Waals surface area contributed by atoms with E-state index in [0.29, 0.717) is 5.65 Å². The summed E-state index contributed by atoms with van der Waals surface area (Å²) in [4.78, 5) is 15.2. The van der Waals surface area contributed by atoms with E-state index in [0.717, 1.165) is 30.7 Å². The molecule has 0 spiro atoms. The van der Waals surface area contributed by atoms with Crippen LogP contribution in [0.1, 0.15) is 33.9 Å². The molecule has 0 saturated heterocycles. The molecule has 1 N–H and O–H groups in total. The lowest BCUT2D eigenvalue weighted by Gasteiger charge is -2.04. The molecular formula is C11H11N3O2. The van der Waals surface area contributed by atoms with Gasteiger partial charge in [-0.3, -0.25) is 0 Å². The number of aromatic carboxylic acids is 1. The van der Waals surface area contributed by atoms with E-state index in [1.807, 2.05) is 6.92 Å². The number of fused-ring (bicyclic) bond motifs is 3. The summed E-state index contributed by atoms with van der Waals surface area (Å²) in [6.07, 6.45) is 3.07. The number of hydrogen-bond acceptors (Lipinski definition) is 3. The van der Waals surface area contributed by atoms with Crippen molar-refractivity contribution in [2.24, 2.45) is 0 Å². The molecule has 82 valence electrons. The molecule has 1 aliphatic rings. The number of carboxylic acid groups (broad SMARTS) is 1. The topological polar surface area (TPSA) is 67.5 Å². The molecule has 2 heterocycles. The van der Waals surface area contributed by atoms with Gasteiger partial charge in [0.25, 0.3) is 0 Å². The van der Waals surface area contributed by atoms with Crippen LogP contribution in [-0.4, -0.2) is 25.7 Å². The Morgan fingerprint density at radius 1 is 1.50 bits per heavy atom. The third kappa shape index (κ3) is 1.14. The summed E-state index contributed by atoms with van der Waals surface area (Å²) in [6, 6.07) is 1.52. The van der Waals surface area contributed by atoms with Crippen LogP contribution >= 0.6 is 0 Å². The first kappa shape index (κ1) is 9.33. The fraction of sp³-hybridized carbons (Fsp3) is 0.364. The van der Waals surface area contributed by atoms with E-state index in [-0.39, 0.29) is 5.69 Å². The summed E-state index contributed by atoms with van der Waals surface area (Å²) in [6.45, 7) is 1.97. The number of aryl methyl sites for hydroxylation is 2. The smallest absolute Gasteiger partial charge is 0.356 e. The Bertz CT molecular complexity index is 601. The second kappa shape index (κ2) is 3.04. The van der Waals surface area contributed by atoms with E-state index >= 15 is 0 Å². The molecule has 2 aromatic heterocycles. The molecule has 5 heteroatoms. The van der Waals surface area contributed by atoms with Gasteiger partial charge in [0.05, 0.1) is 0 Å². The van der Waals surface area contributed by atoms with Crippen molar-refractivity contribution in [1.29, 1.82) is 0 Å². The van der Waals surface area contributed by atoms with Crippen molar-refractivity contribution in [3.63, 3.8) is 0 Å². The van der Waals surface area contributed by atoms with Gasteiger partial charge in [-0.25, -0.2) is 14.3 Å². The molecule has 0 bridgehead atoms. The van der Waals surface area contributed by atoms with Gasteiger partial charge in [-0.05, 0) is 31.7 Å². The first-order valence-corrected chi connectivity index (χ1v) is 5.28. The Morgan fingerprint density at radius 3 is 3.06 bits per heavy atom. The number of hydrogen-bond donors (Lipinski definition) is 1. The van der Waals surface area contributed by atoms with E-state index in [1.165, 1.54) is 11.6 Å². The largest absolute Gasteiger partial charge is 0.476 e. The average Bonchev–Trinajstić information content (AvgIpc) is 2.80. The highest BCUT2D eigenvalue weighted by atomic mass is 16.4. The zero-order valence-corrected chi connectivity index (χ0v) is 8.90. The average molecular weight is 217 g/mol. The monoisotopic (exact) mass is 217 g/mol. The first-order valence-electron chi connectivity index (χ1n) is 5.28. The molecule has 0 radical (unpaired) electrons. The number of aromatic nitrogens is 3. The molecular weight excluding hydrogens is 206 g/mol. The molecule has 5 nitrogen and oxygen atoms in total. The second-order valence-corrected chi connectivity index (χ2v) is 4.08. The van der Waals surface area contributed by atoms with Crippen LogP contribution in [-0.2, 0) is 12.8 Å². The van der Waals surface area contributed by atoms with Gasteiger partial charge in [0, 0.05) is 17.5 Å². The Labute approximate surface area is 91.7 Å². The lowest BCUT2D eigenvalue weighted by molar-refractivity contribution is 0.0690. The van der Waals surface area contributed by atoms with Crippen LogP contribution < -0.4 is 0 Å². The molecule has 0 amide bonds. The normalized spacial score (nSPS) is 14.3. The molecule has 1 aliphatic carbocycles. The minimum atomic E-state index is -1.00.